The number of hydrogen-bond donors (Lipinski definition) is 3. The van der Waals surface area contributed by atoms with E-state index in [1.165, 1.54) is 5.56 Å². The third kappa shape index (κ3) is 2.86. The lowest BCUT2D eigenvalue weighted by molar-refractivity contribution is -0.0176. The summed E-state index contributed by atoms with van der Waals surface area (Å²) in [7, 11) is 0. The molecule has 0 radical (unpaired) electrons. The van der Waals surface area contributed by atoms with Crippen LogP contribution in [0.1, 0.15) is 30.7 Å². The summed E-state index contributed by atoms with van der Waals surface area (Å²) in [6.45, 7) is 2.41. The zero-order valence-corrected chi connectivity index (χ0v) is 10.2. The lowest BCUT2D eigenvalue weighted by atomic mass is 9.74. The van der Waals surface area contributed by atoms with Crippen LogP contribution in [0.4, 0.5) is 0 Å². The molecule has 0 spiro atoms. The normalized spacial score (nSPS) is 21.1. The van der Waals surface area contributed by atoms with Gasteiger partial charge in [-0.3, -0.25) is 0 Å². The summed E-state index contributed by atoms with van der Waals surface area (Å²) in [4.78, 5) is 0. The van der Waals surface area contributed by atoms with Crippen molar-refractivity contribution in [3.8, 4) is 0 Å². The van der Waals surface area contributed by atoms with E-state index in [4.69, 9.17) is 5.73 Å². The second-order valence-electron chi connectivity index (χ2n) is 4.89. The number of hydrogen-bond acceptors (Lipinski definition) is 3. The summed E-state index contributed by atoms with van der Waals surface area (Å²) in [5, 5.41) is 14.1. The monoisotopic (exact) mass is 234 g/mol. The molecule has 1 aromatic carbocycles. The number of piperidine rings is 1. The van der Waals surface area contributed by atoms with E-state index < -0.39 is 5.60 Å². The van der Waals surface area contributed by atoms with Crippen molar-refractivity contribution in [1.29, 1.82) is 0 Å². The molecule has 2 rings (SSSR count). The Balaban J connectivity index is 2.22. The van der Waals surface area contributed by atoms with Crippen molar-refractivity contribution in [2.75, 3.05) is 19.6 Å². The average Bonchev–Trinajstić information content (AvgIpc) is 2.38. The Labute approximate surface area is 103 Å². The van der Waals surface area contributed by atoms with Crippen molar-refractivity contribution in [1.82, 2.24) is 5.32 Å². The molecular weight excluding hydrogens is 212 g/mol. The molecule has 94 valence electrons. The summed E-state index contributed by atoms with van der Waals surface area (Å²) < 4.78 is 0. The zero-order chi connectivity index (χ0) is 12.1. The van der Waals surface area contributed by atoms with Gasteiger partial charge in [-0.25, -0.2) is 0 Å². The molecule has 4 N–H and O–H groups in total. The Kier molecular flexibility index (Phi) is 4.15. The summed E-state index contributed by atoms with van der Waals surface area (Å²) in [6, 6.07) is 10.3. The molecule has 1 unspecified atom stereocenters. The van der Waals surface area contributed by atoms with E-state index in [0.717, 1.165) is 32.4 Å². The van der Waals surface area contributed by atoms with Gasteiger partial charge in [0.1, 0.15) is 0 Å². The van der Waals surface area contributed by atoms with Gasteiger partial charge in [-0.2, -0.15) is 0 Å². The summed E-state index contributed by atoms with van der Waals surface area (Å²) in [5.74, 6) is 0.163. The van der Waals surface area contributed by atoms with Gasteiger partial charge in [0, 0.05) is 5.92 Å². The Morgan fingerprint density at radius 3 is 2.47 bits per heavy atom. The number of benzene rings is 1. The topological polar surface area (TPSA) is 58.3 Å². The molecule has 0 saturated carbocycles. The van der Waals surface area contributed by atoms with Crippen molar-refractivity contribution >= 4 is 0 Å². The second-order valence-corrected chi connectivity index (χ2v) is 4.89. The van der Waals surface area contributed by atoms with Crippen LogP contribution >= 0.6 is 0 Å². The van der Waals surface area contributed by atoms with Crippen LogP contribution < -0.4 is 11.1 Å². The molecule has 1 atom stereocenters. The highest BCUT2D eigenvalue weighted by atomic mass is 16.3. The van der Waals surface area contributed by atoms with Gasteiger partial charge in [0.25, 0.3) is 0 Å². The third-order valence-corrected chi connectivity index (χ3v) is 3.78. The van der Waals surface area contributed by atoms with Crippen LogP contribution in [0.2, 0.25) is 0 Å². The van der Waals surface area contributed by atoms with Crippen molar-refractivity contribution in [2.24, 2.45) is 5.73 Å². The predicted octanol–water partition coefficient (Wildman–Crippen LogP) is 1.23. The SMILES string of the molecule is NCCC(c1ccccc1)C1(O)CCNCC1. The maximum atomic E-state index is 10.8. The van der Waals surface area contributed by atoms with Gasteiger partial charge in [-0.15, -0.1) is 0 Å². The molecule has 0 aliphatic carbocycles. The molecular formula is C14H22N2O. The molecule has 0 aromatic heterocycles. The minimum absolute atomic E-state index is 0.163. The van der Waals surface area contributed by atoms with Gasteiger partial charge in [0.2, 0.25) is 0 Å². The first kappa shape index (κ1) is 12.6. The Hall–Kier alpha value is -0.900. The molecule has 1 aliphatic rings. The molecule has 1 fully saturated rings. The lowest BCUT2D eigenvalue weighted by Gasteiger charge is -2.40. The fourth-order valence-electron chi connectivity index (χ4n) is 2.81. The van der Waals surface area contributed by atoms with E-state index in [0.29, 0.717) is 6.54 Å². The minimum Gasteiger partial charge on any atom is -0.389 e. The number of nitrogens with two attached hydrogens (primary N) is 1. The molecule has 1 aliphatic heterocycles. The van der Waals surface area contributed by atoms with Crippen LogP contribution in [0.5, 0.6) is 0 Å². The lowest BCUT2D eigenvalue weighted by Crippen LogP contribution is -2.46. The second kappa shape index (κ2) is 5.63. The van der Waals surface area contributed by atoms with Gasteiger partial charge in [-0.1, -0.05) is 30.3 Å². The van der Waals surface area contributed by atoms with E-state index in [1.54, 1.807) is 0 Å². The average molecular weight is 234 g/mol. The molecule has 1 saturated heterocycles. The standard InChI is InChI=1S/C14H22N2O/c15-9-6-13(12-4-2-1-3-5-12)14(17)7-10-16-11-8-14/h1-5,13,16-17H,6-11,15H2. The van der Waals surface area contributed by atoms with Crippen LogP contribution in [0.15, 0.2) is 30.3 Å². The van der Waals surface area contributed by atoms with Crippen LogP contribution in [0.3, 0.4) is 0 Å². The van der Waals surface area contributed by atoms with Gasteiger partial charge >= 0.3 is 0 Å². The maximum Gasteiger partial charge on any atom is 0.0740 e. The number of nitrogens with one attached hydrogen (secondary N) is 1. The molecule has 0 amide bonds. The maximum absolute atomic E-state index is 10.8. The van der Waals surface area contributed by atoms with E-state index in [-0.39, 0.29) is 5.92 Å². The predicted molar refractivity (Wildman–Crippen MR) is 69.9 cm³/mol. The first-order valence-corrected chi connectivity index (χ1v) is 6.44. The van der Waals surface area contributed by atoms with Crippen LogP contribution in [-0.2, 0) is 0 Å². The fraction of sp³-hybridized carbons (Fsp3) is 0.571. The van der Waals surface area contributed by atoms with Gasteiger partial charge in [-0.05, 0) is 44.5 Å². The zero-order valence-electron chi connectivity index (χ0n) is 10.2. The molecule has 1 aromatic rings. The van der Waals surface area contributed by atoms with E-state index >= 15 is 0 Å². The minimum atomic E-state index is -0.591. The molecule has 3 nitrogen and oxygen atoms in total. The first-order valence-electron chi connectivity index (χ1n) is 6.44. The van der Waals surface area contributed by atoms with E-state index in [1.807, 2.05) is 18.2 Å². The summed E-state index contributed by atoms with van der Waals surface area (Å²) in [5.41, 5.74) is 6.32. The Morgan fingerprint density at radius 2 is 1.88 bits per heavy atom. The summed E-state index contributed by atoms with van der Waals surface area (Å²) >= 11 is 0. The van der Waals surface area contributed by atoms with Crippen LogP contribution in [-0.4, -0.2) is 30.3 Å². The van der Waals surface area contributed by atoms with Crippen molar-refractivity contribution in [3.63, 3.8) is 0 Å². The highest BCUT2D eigenvalue weighted by Crippen LogP contribution is 2.37. The number of aliphatic hydroxyl groups is 1. The number of rotatable bonds is 4. The third-order valence-electron chi connectivity index (χ3n) is 3.78. The van der Waals surface area contributed by atoms with Crippen LogP contribution in [0, 0.1) is 0 Å². The largest absolute Gasteiger partial charge is 0.389 e. The Bertz CT molecular complexity index is 333. The summed E-state index contributed by atoms with van der Waals surface area (Å²) in [6.07, 6.45) is 2.47. The molecule has 3 heteroatoms. The van der Waals surface area contributed by atoms with Crippen LogP contribution in [0.25, 0.3) is 0 Å². The van der Waals surface area contributed by atoms with Gasteiger partial charge in [0.05, 0.1) is 5.60 Å². The van der Waals surface area contributed by atoms with Crippen molar-refractivity contribution < 1.29 is 5.11 Å². The smallest absolute Gasteiger partial charge is 0.0740 e. The van der Waals surface area contributed by atoms with E-state index in [9.17, 15) is 5.11 Å². The molecule has 17 heavy (non-hydrogen) atoms. The van der Waals surface area contributed by atoms with Crippen molar-refractivity contribution in [2.45, 2.75) is 30.8 Å². The quantitative estimate of drug-likeness (QED) is 0.734. The fourth-order valence-corrected chi connectivity index (χ4v) is 2.81. The van der Waals surface area contributed by atoms with Gasteiger partial charge < -0.3 is 16.2 Å². The molecule has 1 heterocycles. The highest BCUT2D eigenvalue weighted by Gasteiger charge is 2.37. The first-order chi connectivity index (χ1) is 8.26. The Morgan fingerprint density at radius 1 is 1.24 bits per heavy atom. The molecule has 0 bridgehead atoms. The van der Waals surface area contributed by atoms with Crippen molar-refractivity contribution in [3.05, 3.63) is 35.9 Å². The highest BCUT2D eigenvalue weighted by molar-refractivity contribution is 5.23. The van der Waals surface area contributed by atoms with Gasteiger partial charge in [0.15, 0.2) is 0 Å². The van der Waals surface area contributed by atoms with E-state index in [2.05, 4.69) is 17.4 Å².